The van der Waals surface area contributed by atoms with Crippen LogP contribution in [0.5, 0.6) is 0 Å². The maximum absolute atomic E-state index is 10.7. The second kappa shape index (κ2) is 4.84. The number of nitrogens with one attached hydrogen (secondary N) is 1. The van der Waals surface area contributed by atoms with E-state index in [1.54, 1.807) is 0 Å². The van der Waals surface area contributed by atoms with E-state index >= 15 is 0 Å². The summed E-state index contributed by atoms with van der Waals surface area (Å²) < 4.78 is 58.9. The Bertz CT molecular complexity index is 523. The summed E-state index contributed by atoms with van der Waals surface area (Å²) in [4.78, 5) is 3.18. The zero-order chi connectivity index (χ0) is 13.1. The lowest BCUT2D eigenvalue weighted by Gasteiger charge is -2.08. The molecule has 1 aliphatic heterocycles. The van der Waals surface area contributed by atoms with Gasteiger partial charge in [0, 0.05) is 11.6 Å². The monoisotopic (exact) mass is 267 g/mol. The second-order valence-corrected chi connectivity index (χ2v) is 4.48. The minimum Gasteiger partial charge on any atom is -0.741 e. The fourth-order valence-corrected chi connectivity index (χ4v) is 1.11. The molecular weight excluding hydrogens is 259 g/mol. The number of alkyl halides is 3. The SMILES string of the molecule is C1=[NH+]c2ccccc2C1.O=S(=O)([O-])C(F)(F)F. The fraction of sp³-hybridized carbons (Fsp3) is 0.222. The van der Waals surface area contributed by atoms with Crippen LogP contribution in [0.2, 0.25) is 0 Å². The molecule has 0 spiro atoms. The van der Waals surface area contributed by atoms with Crippen molar-refractivity contribution in [2.24, 2.45) is 0 Å². The molecule has 17 heavy (non-hydrogen) atoms. The van der Waals surface area contributed by atoms with Crippen LogP contribution in [-0.4, -0.2) is 24.7 Å². The first-order valence-electron chi connectivity index (χ1n) is 4.40. The summed E-state index contributed by atoms with van der Waals surface area (Å²) in [6.07, 6.45) is 3.14. The molecule has 1 aliphatic rings. The average Bonchev–Trinajstić information content (AvgIpc) is 2.62. The topological polar surface area (TPSA) is 71.2 Å². The van der Waals surface area contributed by atoms with E-state index in [1.807, 2.05) is 6.07 Å². The number of halogens is 3. The molecule has 0 bridgehead atoms. The van der Waals surface area contributed by atoms with Crippen molar-refractivity contribution in [2.45, 2.75) is 11.9 Å². The van der Waals surface area contributed by atoms with Crippen molar-refractivity contribution in [1.29, 1.82) is 0 Å². The molecule has 8 heteroatoms. The van der Waals surface area contributed by atoms with Crippen LogP contribution >= 0.6 is 0 Å². The van der Waals surface area contributed by atoms with Crippen molar-refractivity contribution in [2.75, 3.05) is 0 Å². The molecule has 0 saturated carbocycles. The van der Waals surface area contributed by atoms with Gasteiger partial charge in [0.05, 0.1) is 6.42 Å². The summed E-state index contributed by atoms with van der Waals surface area (Å²) in [7, 11) is -6.09. The first-order chi connectivity index (χ1) is 7.72. The molecule has 0 saturated heterocycles. The lowest BCUT2D eigenvalue weighted by molar-refractivity contribution is -0.343. The zero-order valence-corrected chi connectivity index (χ0v) is 9.18. The smallest absolute Gasteiger partial charge is 0.485 e. The van der Waals surface area contributed by atoms with Crippen LogP contribution in [0.1, 0.15) is 5.56 Å². The summed E-state index contributed by atoms with van der Waals surface area (Å²) in [5, 5.41) is 0. The molecule has 0 unspecified atom stereocenters. The Balaban J connectivity index is 0.000000172. The summed E-state index contributed by atoms with van der Waals surface area (Å²) in [5.74, 6) is 0. The Labute approximate surface area is 95.5 Å². The Morgan fingerprint density at radius 3 is 2.24 bits per heavy atom. The number of rotatable bonds is 0. The van der Waals surface area contributed by atoms with Gasteiger partial charge in [0.2, 0.25) is 5.69 Å². The molecular formula is C9H8F3NO3S. The van der Waals surface area contributed by atoms with Crippen molar-refractivity contribution in [3.05, 3.63) is 29.8 Å². The van der Waals surface area contributed by atoms with E-state index in [4.69, 9.17) is 13.0 Å². The lowest BCUT2D eigenvalue weighted by atomic mass is 10.2. The average molecular weight is 267 g/mol. The van der Waals surface area contributed by atoms with E-state index in [0.717, 1.165) is 6.42 Å². The highest BCUT2D eigenvalue weighted by Gasteiger charge is 2.36. The van der Waals surface area contributed by atoms with E-state index in [-0.39, 0.29) is 0 Å². The van der Waals surface area contributed by atoms with Crippen LogP contribution in [-0.2, 0) is 16.5 Å². The normalized spacial score (nSPS) is 13.9. The summed E-state index contributed by atoms with van der Waals surface area (Å²) >= 11 is 0. The molecule has 1 aromatic carbocycles. The first-order valence-corrected chi connectivity index (χ1v) is 5.81. The number of hydrogen-bond acceptors (Lipinski definition) is 3. The third-order valence-electron chi connectivity index (χ3n) is 1.88. The van der Waals surface area contributed by atoms with Crippen LogP contribution in [0, 0.1) is 0 Å². The van der Waals surface area contributed by atoms with Crippen LogP contribution < -0.4 is 4.99 Å². The maximum atomic E-state index is 10.7. The molecule has 0 aromatic heterocycles. The predicted octanol–water partition coefficient (Wildman–Crippen LogP) is 0.0770. The molecule has 94 valence electrons. The van der Waals surface area contributed by atoms with Gasteiger partial charge in [-0.15, -0.1) is 0 Å². The number of para-hydroxylation sites is 1. The van der Waals surface area contributed by atoms with Gasteiger partial charge in [-0.3, -0.25) is 0 Å². The number of hydrogen-bond donors (Lipinski definition) is 1. The Hall–Kier alpha value is -1.41. The summed E-state index contributed by atoms with van der Waals surface area (Å²) in [5.41, 5.74) is -2.98. The second-order valence-electron chi connectivity index (χ2n) is 3.11. The molecule has 0 radical (unpaired) electrons. The van der Waals surface area contributed by atoms with Crippen molar-refractivity contribution in [1.82, 2.24) is 0 Å². The first kappa shape index (κ1) is 13.7. The van der Waals surface area contributed by atoms with E-state index in [2.05, 4.69) is 29.4 Å². The van der Waals surface area contributed by atoms with Gasteiger partial charge in [-0.1, -0.05) is 18.2 Å². The van der Waals surface area contributed by atoms with Crippen LogP contribution in [0.15, 0.2) is 24.3 Å². The molecule has 0 fully saturated rings. The Morgan fingerprint density at radius 2 is 1.76 bits per heavy atom. The van der Waals surface area contributed by atoms with Gasteiger partial charge < -0.3 is 4.55 Å². The van der Waals surface area contributed by atoms with Gasteiger partial charge >= 0.3 is 5.51 Å². The van der Waals surface area contributed by atoms with Crippen molar-refractivity contribution < 1.29 is 31.1 Å². The Kier molecular flexibility index (Phi) is 3.89. The minimum atomic E-state index is -6.09. The van der Waals surface area contributed by atoms with Gasteiger partial charge in [0.15, 0.2) is 10.1 Å². The lowest BCUT2D eigenvalue weighted by Crippen LogP contribution is -2.58. The molecule has 4 nitrogen and oxygen atoms in total. The Morgan fingerprint density at radius 1 is 1.24 bits per heavy atom. The van der Waals surface area contributed by atoms with Gasteiger partial charge in [-0.05, 0) is 0 Å². The molecule has 0 atom stereocenters. The van der Waals surface area contributed by atoms with Crippen LogP contribution in [0.4, 0.5) is 18.9 Å². The van der Waals surface area contributed by atoms with Crippen molar-refractivity contribution >= 4 is 22.0 Å². The molecule has 1 N–H and O–H groups in total. The van der Waals surface area contributed by atoms with Crippen molar-refractivity contribution in [3.63, 3.8) is 0 Å². The third-order valence-corrected chi connectivity index (χ3v) is 2.45. The largest absolute Gasteiger partial charge is 0.741 e. The number of benzene rings is 1. The molecule has 0 amide bonds. The van der Waals surface area contributed by atoms with E-state index < -0.39 is 15.6 Å². The minimum absolute atomic E-state index is 1.07. The summed E-state index contributed by atoms with van der Waals surface area (Å²) in [6.45, 7) is 0. The molecule has 1 aromatic rings. The van der Waals surface area contributed by atoms with Crippen LogP contribution in [0.25, 0.3) is 0 Å². The van der Waals surface area contributed by atoms with Crippen LogP contribution in [0.3, 0.4) is 0 Å². The van der Waals surface area contributed by atoms with Gasteiger partial charge in [-0.2, -0.15) is 13.2 Å². The standard InChI is InChI=1S/C8H7N.CHF3O3S/c1-2-4-8-7(3-1)5-6-9-8;2-1(3,4)8(5,6)7/h1-4,6H,5H2;(H,5,6,7). The van der Waals surface area contributed by atoms with Gasteiger partial charge in [0.1, 0.15) is 6.21 Å². The highest BCUT2D eigenvalue weighted by molar-refractivity contribution is 7.86. The highest BCUT2D eigenvalue weighted by atomic mass is 32.2. The van der Waals surface area contributed by atoms with E-state index in [9.17, 15) is 13.2 Å². The predicted molar refractivity (Wildman–Crippen MR) is 52.6 cm³/mol. The highest BCUT2D eigenvalue weighted by Crippen LogP contribution is 2.20. The van der Waals surface area contributed by atoms with Gasteiger partial charge in [-0.25, -0.2) is 13.4 Å². The molecule has 0 aliphatic carbocycles. The summed E-state index contributed by atoms with van der Waals surface area (Å²) in [6, 6.07) is 8.36. The fourth-order valence-electron chi connectivity index (χ4n) is 1.11. The third kappa shape index (κ3) is 3.82. The zero-order valence-electron chi connectivity index (χ0n) is 8.36. The number of fused-ring (bicyclic) bond motifs is 1. The maximum Gasteiger partial charge on any atom is 0.485 e. The van der Waals surface area contributed by atoms with Crippen molar-refractivity contribution in [3.8, 4) is 0 Å². The van der Waals surface area contributed by atoms with Gasteiger partial charge in [0.25, 0.3) is 0 Å². The quantitative estimate of drug-likeness (QED) is 0.534. The van der Waals surface area contributed by atoms with E-state index in [0.29, 0.717) is 0 Å². The molecule has 1 heterocycles. The molecule has 2 rings (SSSR count). The van der Waals surface area contributed by atoms with E-state index in [1.165, 1.54) is 11.3 Å².